The Bertz CT molecular complexity index is 482. The molecule has 0 aliphatic rings. The lowest BCUT2D eigenvalue weighted by atomic mass is 10.1. The molecule has 0 bridgehead atoms. The topological polar surface area (TPSA) is 24.9 Å². The maximum absolute atomic E-state index is 13.0. The molecule has 90 valence electrons. The molecule has 0 saturated heterocycles. The van der Waals surface area contributed by atoms with Crippen molar-refractivity contribution in [2.24, 2.45) is 0 Å². The van der Waals surface area contributed by atoms with Crippen LogP contribution in [0.15, 0.2) is 29.6 Å². The van der Waals surface area contributed by atoms with Crippen LogP contribution in [-0.4, -0.2) is 18.6 Å². The number of halogens is 1. The van der Waals surface area contributed by atoms with Gasteiger partial charge in [-0.3, -0.25) is 0 Å². The van der Waals surface area contributed by atoms with Crippen LogP contribution in [0.25, 0.3) is 0 Å². The number of hydrogen-bond donors (Lipinski definition) is 1. The summed E-state index contributed by atoms with van der Waals surface area (Å²) in [5.41, 5.74) is 2.08. The zero-order valence-electron chi connectivity index (χ0n) is 9.74. The molecule has 1 heterocycles. The number of hydrogen-bond acceptors (Lipinski definition) is 3. The Balaban J connectivity index is 2.01. The average molecular weight is 250 g/mol. The van der Waals surface area contributed by atoms with Crippen LogP contribution >= 0.6 is 11.3 Å². The molecule has 0 spiro atoms. The summed E-state index contributed by atoms with van der Waals surface area (Å²) in [5, 5.41) is 6.22. The number of aromatic nitrogens is 1. The molecule has 0 fully saturated rings. The van der Waals surface area contributed by atoms with Gasteiger partial charge in [-0.15, -0.1) is 11.3 Å². The van der Waals surface area contributed by atoms with E-state index in [0.717, 1.165) is 29.2 Å². The van der Waals surface area contributed by atoms with Gasteiger partial charge in [0.15, 0.2) is 0 Å². The fourth-order valence-corrected chi connectivity index (χ4v) is 2.48. The summed E-state index contributed by atoms with van der Waals surface area (Å²) in [5.74, 6) is -0.186. The molecule has 0 atom stereocenters. The Morgan fingerprint density at radius 3 is 3.06 bits per heavy atom. The van der Waals surface area contributed by atoms with E-state index < -0.39 is 0 Å². The second-order valence-corrected chi connectivity index (χ2v) is 4.84. The fraction of sp³-hybridized carbons (Fsp3) is 0.308. The Morgan fingerprint density at radius 2 is 2.29 bits per heavy atom. The van der Waals surface area contributed by atoms with Gasteiger partial charge in [0.2, 0.25) is 0 Å². The largest absolute Gasteiger partial charge is 0.319 e. The van der Waals surface area contributed by atoms with E-state index in [1.165, 1.54) is 6.07 Å². The minimum atomic E-state index is -0.186. The van der Waals surface area contributed by atoms with Crippen LogP contribution in [0.2, 0.25) is 0 Å². The molecule has 0 amide bonds. The van der Waals surface area contributed by atoms with Crippen molar-refractivity contribution in [2.45, 2.75) is 12.8 Å². The van der Waals surface area contributed by atoms with E-state index in [0.29, 0.717) is 6.42 Å². The van der Waals surface area contributed by atoms with Crippen molar-refractivity contribution in [1.29, 1.82) is 0 Å². The summed E-state index contributed by atoms with van der Waals surface area (Å²) >= 11 is 1.64. The van der Waals surface area contributed by atoms with Gasteiger partial charge in [0.05, 0.1) is 10.7 Å². The Labute approximate surface area is 105 Å². The second-order valence-electron chi connectivity index (χ2n) is 3.89. The highest BCUT2D eigenvalue weighted by molar-refractivity contribution is 7.09. The lowest BCUT2D eigenvalue weighted by Crippen LogP contribution is -2.10. The van der Waals surface area contributed by atoms with E-state index in [9.17, 15) is 4.39 Å². The van der Waals surface area contributed by atoms with E-state index in [-0.39, 0.29) is 5.82 Å². The second kappa shape index (κ2) is 5.89. The lowest BCUT2D eigenvalue weighted by molar-refractivity contribution is 0.626. The summed E-state index contributed by atoms with van der Waals surface area (Å²) in [4.78, 5) is 4.53. The van der Waals surface area contributed by atoms with Crippen LogP contribution < -0.4 is 5.32 Å². The highest BCUT2D eigenvalue weighted by atomic mass is 32.1. The number of thiazole rings is 1. The van der Waals surface area contributed by atoms with Crippen molar-refractivity contribution in [3.05, 3.63) is 51.7 Å². The first-order chi connectivity index (χ1) is 8.28. The minimum absolute atomic E-state index is 0.186. The molecule has 0 radical (unpaired) electrons. The lowest BCUT2D eigenvalue weighted by Gasteiger charge is -1.98. The molecule has 0 saturated carbocycles. The van der Waals surface area contributed by atoms with Crippen molar-refractivity contribution >= 4 is 11.3 Å². The van der Waals surface area contributed by atoms with Crippen LogP contribution in [0.1, 0.15) is 16.3 Å². The molecule has 1 aromatic heterocycles. The SMILES string of the molecule is CNCCc1csc(Cc2cccc(F)c2)n1. The highest BCUT2D eigenvalue weighted by Gasteiger charge is 2.03. The third kappa shape index (κ3) is 3.61. The van der Waals surface area contributed by atoms with Gasteiger partial charge in [0, 0.05) is 24.8 Å². The van der Waals surface area contributed by atoms with Gasteiger partial charge >= 0.3 is 0 Å². The number of nitrogens with one attached hydrogen (secondary N) is 1. The van der Waals surface area contributed by atoms with Crippen molar-refractivity contribution in [2.75, 3.05) is 13.6 Å². The van der Waals surface area contributed by atoms with Crippen LogP contribution in [0, 0.1) is 5.82 Å². The Kier molecular flexibility index (Phi) is 4.23. The van der Waals surface area contributed by atoms with Gasteiger partial charge in [-0.05, 0) is 24.7 Å². The molecular weight excluding hydrogens is 235 g/mol. The number of benzene rings is 1. The van der Waals surface area contributed by atoms with Crippen molar-refractivity contribution in [3.63, 3.8) is 0 Å². The van der Waals surface area contributed by atoms with Crippen LogP contribution in [0.5, 0.6) is 0 Å². The molecular formula is C13H15FN2S. The number of nitrogens with zero attached hydrogens (tertiary/aromatic N) is 1. The summed E-state index contributed by atoms with van der Waals surface area (Å²) in [7, 11) is 1.93. The Morgan fingerprint density at radius 1 is 1.41 bits per heavy atom. The van der Waals surface area contributed by atoms with Crippen LogP contribution in [-0.2, 0) is 12.8 Å². The van der Waals surface area contributed by atoms with Gasteiger partial charge in [0.25, 0.3) is 0 Å². The maximum Gasteiger partial charge on any atom is 0.123 e. The minimum Gasteiger partial charge on any atom is -0.319 e. The Hall–Kier alpha value is -1.26. The fourth-order valence-electron chi connectivity index (χ4n) is 1.62. The third-order valence-corrected chi connectivity index (χ3v) is 3.37. The van der Waals surface area contributed by atoms with Crippen LogP contribution in [0.3, 0.4) is 0 Å². The van der Waals surface area contributed by atoms with Gasteiger partial charge in [-0.2, -0.15) is 0 Å². The van der Waals surface area contributed by atoms with Gasteiger partial charge in [-0.25, -0.2) is 9.37 Å². The average Bonchev–Trinajstić information content (AvgIpc) is 2.74. The maximum atomic E-state index is 13.0. The van der Waals surface area contributed by atoms with E-state index >= 15 is 0 Å². The van der Waals surface area contributed by atoms with E-state index in [4.69, 9.17) is 0 Å². The summed E-state index contributed by atoms with van der Waals surface area (Å²) < 4.78 is 13.0. The van der Waals surface area contributed by atoms with Gasteiger partial charge < -0.3 is 5.32 Å². The van der Waals surface area contributed by atoms with Crippen molar-refractivity contribution < 1.29 is 4.39 Å². The van der Waals surface area contributed by atoms with E-state index in [1.54, 1.807) is 23.5 Å². The molecule has 2 aromatic rings. The molecule has 2 nitrogen and oxygen atoms in total. The first kappa shape index (κ1) is 12.2. The molecule has 0 aliphatic carbocycles. The molecule has 17 heavy (non-hydrogen) atoms. The molecule has 0 unspecified atom stereocenters. The van der Waals surface area contributed by atoms with Gasteiger partial charge in [-0.1, -0.05) is 12.1 Å². The molecule has 0 aliphatic heterocycles. The molecule has 1 N–H and O–H groups in total. The molecule has 1 aromatic carbocycles. The predicted octanol–water partition coefficient (Wildman–Crippen LogP) is 2.63. The predicted molar refractivity (Wildman–Crippen MR) is 69.0 cm³/mol. The summed E-state index contributed by atoms with van der Waals surface area (Å²) in [6.07, 6.45) is 1.65. The van der Waals surface area contributed by atoms with E-state index in [1.807, 2.05) is 13.1 Å². The van der Waals surface area contributed by atoms with Gasteiger partial charge in [0.1, 0.15) is 5.82 Å². The summed E-state index contributed by atoms with van der Waals surface area (Å²) in [6, 6.07) is 6.69. The molecule has 2 rings (SSSR count). The van der Waals surface area contributed by atoms with Crippen molar-refractivity contribution in [1.82, 2.24) is 10.3 Å². The first-order valence-electron chi connectivity index (χ1n) is 5.60. The van der Waals surface area contributed by atoms with E-state index in [2.05, 4.69) is 15.7 Å². The normalized spacial score (nSPS) is 10.7. The molecule has 4 heteroatoms. The first-order valence-corrected chi connectivity index (χ1v) is 6.48. The standard InChI is InChI=1S/C13H15FN2S/c1-15-6-5-12-9-17-13(16-12)8-10-3-2-4-11(14)7-10/h2-4,7,9,15H,5-6,8H2,1H3. The third-order valence-electron chi connectivity index (χ3n) is 2.47. The monoisotopic (exact) mass is 250 g/mol. The smallest absolute Gasteiger partial charge is 0.123 e. The van der Waals surface area contributed by atoms with Crippen LogP contribution in [0.4, 0.5) is 4.39 Å². The zero-order valence-corrected chi connectivity index (χ0v) is 10.6. The number of rotatable bonds is 5. The quantitative estimate of drug-likeness (QED) is 0.882. The zero-order chi connectivity index (χ0) is 12.1. The van der Waals surface area contributed by atoms with Crippen molar-refractivity contribution in [3.8, 4) is 0 Å². The highest BCUT2D eigenvalue weighted by Crippen LogP contribution is 2.15. The summed E-state index contributed by atoms with van der Waals surface area (Å²) in [6.45, 7) is 0.934. The number of likely N-dealkylation sites (N-methyl/N-ethyl adjacent to an activating group) is 1.